The molecule has 1 atom stereocenters. The van der Waals surface area contributed by atoms with E-state index in [9.17, 15) is 36.7 Å². The highest BCUT2D eigenvalue weighted by Crippen LogP contribution is 2.41. The summed E-state index contributed by atoms with van der Waals surface area (Å²) in [6.07, 6.45) is -3.45. The van der Waals surface area contributed by atoms with Gasteiger partial charge in [-0.15, -0.1) is 0 Å². The Morgan fingerprint density at radius 2 is 1.84 bits per heavy atom. The number of esters is 2. The molecule has 202 valence electrons. The van der Waals surface area contributed by atoms with E-state index in [-0.39, 0.29) is 33.4 Å². The molecule has 0 bridgehead atoms. The Morgan fingerprint density at radius 3 is 2.50 bits per heavy atom. The summed E-state index contributed by atoms with van der Waals surface area (Å²) in [5.74, 6) is -8.19. The van der Waals surface area contributed by atoms with Crippen LogP contribution < -0.4 is 14.4 Å². The minimum absolute atomic E-state index is 0.156. The summed E-state index contributed by atoms with van der Waals surface area (Å²) in [6.45, 7) is -0.415. The Balaban J connectivity index is 1.86. The quantitative estimate of drug-likeness (QED) is 0.270. The Morgan fingerprint density at radius 1 is 1.13 bits per heavy atom. The number of nitrogens with zero attached hydrogens (tertiary/aromatic N) is 2. The third kappa shape index (κ3) is 6.37. The largest absolute Gasteiger partial charge is 0.466 e. The number of pyridine rings is 1. The maximum atomic E-state index is 14.8. The number of alkyl halides is 3. The van der Waals surface area contributed by atoms with Gasteiger partial charge in [-0.1, -0.05) is 11.6 Å². The number of anilines is 1. The van der Waals surface area contributed by atoms with Crippen molar-refractivity contribution in [1.29, 1.82) is 0 Å². The van der Waals surface area contributed by atoms with Gasteiger partial charge in [-0.25, -0.2) is 23.9 Å². The summed E-state index contributed by atoms with van der Waals surface area (Å²) in [7, 11) is 1.10. The van der Waals surface area contributed by atoms with E-state index in [1.165, 1.54) is 18.3 Å². The van der Waals surface area contributed by atoms with Gasteiger partial charge in [0.15, 0.2) is 19.0 Å². The maximum absolute atomic E-state index is 14.8. The molecule has 1 aliphatic heterocycles. The van der Waals surface area contributed by atoms with Crippen LogP contribution in [0.15, 0.2) is 42.1 Å². The molecule has 0 aliphatic carbocycles. The summed E-state index contributed by atoms with van der Waals surface area (Å²) in [4.78, 5) is 52.0. The standard InChI is InChI=1S/C23H17ClF4N2O8/c1-11-12(23(26,27)28)6-18(31)30(22(11)34)15-8-17(13(24)7-14(15)25)38-16-4-3-5-29-21(16)37-10-20(33)36-9-19(32)35-2/h3-8,11H,9-10H2,1-2H3. The molecule has 1 aromatic carbocycles. The second-order valence-electron chi connectivity index (χ2n) is 7.50. The number of benzene rings is 1. The van der Waals surface area contributed by atoms with Gasteiger partial charge in [-0.05, 0) is 25.1 Å². The summed E-state index contributed by atoms with van der Waals surface area (Å²) in [5, 5.41) is -0.338. The normalized spacial score (nSPS) is 15.6. The topological polar surface area (TPSA) is 121 Å². The molecule has 1 aliphatic rings. The Labute approximate surface area is 216 Å². The molecule has 1 aromatic heterocycles. The first-order valence-corrected chi connectivity index (χ1v) is 10.8. The molecule has 2 heterocycles. The summed E-state index contributed by atoms with van der Waals surface area (Å²) in [5.41, 5.74) is -2.07. The number of halogens is 5. The monoisotopic (exact) mass is 560 g/mol. The van der Waals surface area contributed by atoms with Gasteiger partial charge in [0.2, 0.25) is 5.91 Å². The molecule has 0 spiro atoms. The van der Waals surface area contributed by atoms with Crippen molar-refractivity contribution < 1.29 is 55.7 Å². The number of hydrogen-bond donors (Lipinski definition) is 0. The number of hydrogen-bond acceptors (Lipinski definition) is 9. The molecule has 38 heavy (non-hydrogen) atoms. The van der Waals surface area contributed by atoms with Gasteiger partial charge in [0.1, 0.15) is 11.6 Å². The van der Waals surface area contributed by atoms with Crippen molar-refractivity contribution in [3.8, 4) is 17.4 Å². The van der Waals surface area contributed by atoms with Crippen molar-refractivity contribution in [2.45, 2.75) is 13.1 Å². The van der Waals surface area contributed by atoms with Gasteiger partial charge in [-0.2, -0.15) is 13.2 Å². The first-order valence-electron chi connectivity index (χ1n) is 10.5. The van der Waals surface area contributed by atoms with Gasteiger partial charge in [0, 0.05) is 18.3 Å². The lowest BCUT2D eigenvalue weighted by molar-refractivity contribution is -0.158. The minimum Gasteiger partial charge on any atom is -0.466 e. The van der Waals surface area contributed by atoms with Crippen LogP contribution in [0, 0.1) is 11.7 Å². The first-order chi connectivity index (χ1) is 17.8. The zero-order valence-corrected chi connectivity index (χ0v) is 20.3. The van der Waals surface area contributed by atoms with Crippen molar-refractivity contribution in [3.05, 3.63) is 53.0 Å². The Kier molecular flexibility index (Phi) is 8.56. The Hall–Kier alpha value is -4.20. The number of carbonyl (C=O) groups excluding carboxylic acids is 4. The minimum atomic E-state index is -4.94. The predicted molar refractivity (Wildman–Crippen MR) is 120 cm³/mol. The van der Waals surface area contributed by atoms with Crippen molar-refractivity contribution in [2.24, 2.45) is 5.92 Å². The van der Waals surface area contributed by atoms with E-state index in [2.05, 4.69) is 14.5 Å². The third-order valence-electron chi connectivity index (χ3n) is 4.99. The molecule has 0 radical (unpaired) electrons. The SMILES string of the molecule is COC(=O)COC(=O)COc1ncccc1Oc1cc(N2C(=O)C=C(C(F)(F)F)C(C)C2=O)c(F)cc1Cl. The number of aromatic nitrogens is 1. The molecule has 0 N–H and O–H groups in total. The van der Waals surface area contributed by atoms with E-state index in [0.717, 1.165) is 20.1 Å². The van der Waals surface area contributed by atoms with Crippen LogP contribution >= 0.6 is 11.6 Å². The first kappa shape index (κ1) is 28.4. The highest BCUT2D eigenvalue weighted by molar-refractivity contribution is 6.32. The van der Waals surface area contributed by atoms with E-state index in [4.69, 9.17) is 21.1 Å². The maximum Gasteiger partial charge on any atom is 0.413 e. The van der Waals surface area contributed by atoms with Crippen LogP contribution in [0.4, 0.5) is 23.2 Å². The molecule has 1 unspecified atom stereocenters. The predicted octanol–water partition coefficient (Wildman–Crippen LogP) is 3.76. The van der Waals surface area contributed by atoms with E-state index >= 15 is 0 Å². The van der Waals surface area contributed by atoms with Crippen LogP contribution in [0.1, 0.15) is 6.92 Å². The number of methoxy groups -OCH3 is 1. The van der Waals surface area contributed by atoms with Gasteiger partial charge >= 0.3 is 18.1 Å². The number of amides is 2. The second kappa shape index (κ2) is 11.5. The van der Waals surface area contributed by atoms with Gasteiger partial charge in [0.25, 0.3) is 11.8 Å². The molecular weight excluding hydrogens is 544 g/mol. The zero-order valence-electron chi connectivity index (χ0n) is 19.5. The molecule has 15 heteroatoms. The smallest absolute Gasteiger partial charge is 0.413 e. The average molecular weight is 561 g/mol. The number of imide groups is 1. The van der Waals surface area contributed by atoms with E-state index < -0.39 is 66.1 Å². The molecule has 0 fully saturated rings. The summed E-state index contributed by atoms with van der Waals surface area (Å²) in [6, 6.07) is 4.26. The van der Waals surface area contributed by atoms with Crippen molar-refractivity contribution >= 4 is 41.0 Å². The lowest BCUT2D eigenvalue weighted by Crippen LogP contribution is -2.46. The molecule has 0 saturated carbocycles. The fourth-order valence-corrected chi connectivity index (χ4v) is 3.33. The van der Waals surface area contributed by atoms with E-state index in [0.29, 0.717) is 6.07 Å². The molecule has 2 aromatic rings. The van der Waals surface area contributed by atoms with Crippen LogP contribution in [0.5, 0.6) is 17.4 Å². The zero-order chi connectivity index (χ0) is 28.2. The third-order valence-corrected chi connectivity index (χ3v) is 5.28. The van der Waals surface area contributed by atoms with Crippen molar-refractivity contribution in [1.82, 2.24) is 4.98 Å². The number of carbonyl (C=O) groups is 4. The van der Waals surface area contributed by atoms with Crippen LogP contribution in [0.2, 0.25) is 5.02 Å². The van der Waals surface area contributed by atoms with Crippen molar-refractivity contribution in [2.75, 3.05) is 25.2 Å². The summed E-state index contributed by atoms with van der Waals surface area (Å²) >= 11 is 6.05. The summed E-state index contributed by atoms with van der Waals surface area (Å²) < 4.78 is 74.1. The molecule has 0 saturated heterocycles. The highest BCUT2D eigenvalue weighted by Gasteiger charge is 2.46. The van der Waals surface area contributed by atoms with Crippen LogP contribution in [-0.2, 0) is 28.7 Å². The van der Waals surface area contributed by atoms with E-state index in [1.54, 1.807) is 0 Å². The van der Waals surface area contributed by atoms with Crippen LogP contribution in [0.25, 0.3) is 0 Å². The van der Waals surface area contributed by atoms with E-state index in [1.807, 2.05) is 0 Å². The second-order valence-corrected chi connectivity index (χ2v) is 7.91. The Bertz CT molecular complexity index is 1310. The van der Waals surface area contributed by atoms with Gasteiger partial charge < -0.3 is 18.9 Å². The van der Waals surface area contributed by atoms with Gasteiger partial charge in [0.05, 0.1) is 29.3 Å². The highest BCUT2D eigenvalue weighted by atomic mass is 35.5. The fourth-order valence-electron chi connectivity index (χ4n) is 3.14. The lowest BCUT2D eigenvalue weighted by atomic mass is 9.94. The molecule has 3 rings (SSSR count). The lowest BCUT2D eigenvalue weighted by Gasteiger charge is -2.30. The number of ether oxygens (including phenoxy) is 4. The number of rotatable bonds is 8. The van der Waals surface area contributed by atoms with Crippen LogP contribution in [-0.4, -0.2) is 55.2 Å². The molecular formula is C23H17ClF4N2O8. The van der Waals surface area contributed by atoms with Crippen LogP contribution in [0.3, 0.4) is 0 Å². The van der Waals surface area contributed by atoms with Gasteiger partial charge in [-0.3, -0.25) is 9.59 Å². The fraction of sp³-hybridized carbons (Fsp3) is 0.261. The molecule has 10 nitrogen and oxygen atoms in total. The molecule has 2 amide bonds. The van der Waals surface area contributed by atoms with Crippen molar-refractivity contribution in [3.63, 3.8) is 0 Å². The average Bonchev–Trinajstić information content (AvgIpc) is 2.86.